The highest BCUT2D eigenvalue weighted by molar-refractivity contribution is 9.10. The van der Waals surface area contributed by atoms with Crippen molar-refractivity contribution in [3.8, 4) is 5.75 Å². The van der Waals surface area contributed by atoms with Gasteiger partial charge >= 0.3 is 0 Å². The van der Waals surface area contributed by atoms with Crippen molar-refractivity contribution < 1.29 is 9.53 Å². The second kappa shape index (κ2) is 5.10. The standard InChI is InChI=1S/C11H12BrNO2/c1-7-4-10(12)8(2)11(15-3)9(7)5-13-6-14/h4H,5H2,1-3H3. The molecule has 0 saturated heterocycles. The van der Waals surface area contributed by atoms with Gasteiger partial charge in [-0.3, -0.25) is 0 Å². The number of methoxy groups -OCH3 is 1. The van der Waals surface area contributed by atoms with E-state index in [0.717, 1.165) is 26.9 Å². The number of hydrogen-bond donors (Lipinski definition) is 0. The monoisotopic (exact) mass is 269 g/mol. The van der Waals surface area contributed by atoms with E-state index in [9.17, 15) is 4.79 Å². The minimum absolute atomic E-state index is 0.312. The molecule has 0 atom stereocenters. The number of rotatable bonds is 3. The van der Waals surface area contributed by atoms with Gasteiger partial charge in [-0.1, -0.05) is 15.9 Å². The summed E-state index contributed by atoms with van der Waals surface area (Å²) < 4.78 is 6.31. The highest BCUT2D eigenvalue weighted by Crippen LogP contribution is 2.33. The Morgan fingerprint density at radius 1 is 1.53 bits per heavy atom. The molecule has 1 aromatic rings. The van der Waals surface area contributed by atoms with Crippen LogP contribution in [0.15, 0.2) is 15.5 Å². The summed E-state index contributed by atoms with van der Waals surface area (Å²) >= 11 is 3.45. The minimum atomic E-state index is 0.312. The number of halogens is 1. The second-order valence-electron chi connectivity index (χ2n) is 3.22. The van der Waals surface area contributed by atoms with Crippen molar-refractivity contribution in [3.05, 3.63) is 27.2 Å². The summed E-state index contributed by atoms with van der Waals surface area (Å²) in [5.41, 5.74) is 2.99. The lowest BCUT2D eigenvalue weighted by atomic mass is 10.0. The summed E-state index contributed by atoms with van der Waals surface area (Å²) in [5, 5.41) is 0. The van der Waals surface area contributed by atoms with E-state index in [0.29, 0.717) is 6.54 Å². The second-order valence-corrected chi connectivity index (χ2v) is 4.07. The van der Waals surface area contributed by atoms with Crippen LogP contribution in [0.3, 0.4) is 0 Å². The Hall–Kier alpha value is -1.12. The lowest BCUT2D eigenvalue weighted by Gasteiger charge is -2.13. The molecule has 0 aliphatic carbocycles. The van der Waals surface area contributed by atoms with Gasteiger partial charge in [0.05, 0.1) is 13.7 Å². The van der Waals surface area contributed by atoms with Crippen LogP contribution in [-0.2, 0) is 11.3 Å². The fourth-order valence-corrected chi connectivity index (χ4v) is 2.01. The van der Waals surface area contributed by atoms with Crippen LogP contribution in [0, 0.1) is 13.8 Å². The lowest BCUT2D eigenvalue weighted by Crippen LogP contribution is -1.98. The molecule has 0 bridgehead atoms. The summed E-state index contributed by atoms with van der Waals surface area (Å²) in [5.74, 6) is 0.779. The lowest BCUT2D eigenvalue weighted by molar-refractivity contribution is 0.406. The Balaban J connectivity index is 3.34. The van der Waals surface area contributed by atoms with Crippen molar-refractivity contribution in [2.45, 2.75) is 20.4 Å². The summed E-state index contributed by atoms with van der Waals surface area (Å²) in [6, 6.07) is 1.99. The van der Waals surface area contributed by atoms with Gasteiger partial charge in [-0.05, 0) is 25.5 Å². The minimum Gasteiger partial charge on any atom is -0.496 e. The molecule has 0 aromatic heterocycles. The zero-order valence-electron chi connectivity index (χ0n) is 8.93. The zero-order valence-corrected chi connectivity index (χ0v) is 10.5. The summed E-state index contributed by atoms with van der Waals surface area (Å²) in [7, 11) is 1.61. The van der Waals surface area contributed by atoms with Gasteiger partial charge in [0, 0.05) is 15.6 Å². The average Bonchev–Trinajstić information content (AvgIpc) is 2.21. The van der Waals surface area contributed by atoms with E-state index in [1.807, 2.05) is 19.9 Å². The quantitative estimate of drug-likeness (QED) is 0.625. The first-order chi connectivity index (χ1) is 7.11. The maximum Gasteiger partial charge on any atom is 0.235 e. The van der Waals surface area contributed by atoms with Crippen molar-refractivity contribution in [3.63, 3.8) is 0 Å². The van der Waals surface area contributed by atoms with Crippen LogP contribution in [0.1, 0.15) is 16.7 Å². The summed E-state index contributed by atoms with van der Waals surface area (Å²) in [6.45, 7) is 4.23. The Morgan fingerprint density at radius 3 is 2.73 bits per heavy atom. The van der Waals surface area contributed by atoms with E-state index < -0.39 is 0 Å². The molecule has 0 saturated carbocycles. The summed E-state index contributed by atoms with van der Waals surface area (Å²) in [6.07, 6.45) is 1.54. The number of hydrogen-bond acceptors (Lipinski definition) is 3. The molecule has 1 aromatic carbocycles. The van der Waals surface area contributed by atoms with Crippen LogP contribution in [0.4, 0.5) is 0 Å². The number of isocyanates is 1. The molecule has 3 nitrogen and oxygen atoms in total. The Bertz CT molecular complexity index is 423. The first-order valence-corrected chi connectivity index (χ1v) is 5.27. The van der Waals surface area contributed by atoms with Crippen LogP contribution >= 0.6 is 15.9 Å². The molecule has 0 aliphatic rings. The number of benzene rings is 1. The van der Waals surface area contributed by atoms with E-state index in [-0.39, 0.29) is 0 Å². The van der Waals surface area contributed by atoms with Crippen LogP contribution in [-0.4, -0.2) is 13.2 Å². The predicted octanol–water partition coefficient (Wildman–Crippen LogP) is 2.91. The van der Waals surface area contributed by atoms with E-state index >= 15 is 0 Å². The zero-order chi connectivity index (χ0) is 11.4. The molecule has 1 rings (SSSR count). The predicted molar refractivity (Wildman–Crippen MR) is 62.0 cm³/mol. The number of ether oxygens (including phenoxy) is 1. The third-order valence-corrected chi connectivity index (χ3v) is 3.12. The first kappa shape index (κ1) is 12.0. The van der Waals surface area contributed by atoms with E-state index in [1.165, 1.54) is 6.08 Å². The molecule has 15 heavy (non-hydrogen) atoms. The molecule has 0 N–H and O–H groups in total. The number of nitrogens with zero attached hydrogens (tertiary/aromatic N) is 1. The topological polar surface area (TPSA) is 38.7 Å². The van der Waals surface area contributed by atoms with Gasteiger partial charge in [-0.2, -0.15) is 0 Å². The molecule has 0 heterocycles. The number of aliphatic imine (C=N–C) groups is 1. The van der Waals surface area contributed by atoms with E-state index in [1.54, 1.807) is 7.11 Å². The molecule has 0 amide bonds. The molecular weight excluding hydrogens is 258 g/mol. The Kier molecular flexibility index (Phi) is 4.06. The van der Waals surface area contributed by atoms with Gasteiger partial charge in [-0.15, -0.1) is 0 Å². The van der Waals surface area contributed by atoms with E-state index in [2.05, 4.69) is 20.9 Å². The first-order valence-electron chi connectivity index (χ1n) is 4.48. The molecule has 80 valence electrons. The van der Waals surface area contributed by atoms with Crippen LogP contribution < -0.4 is 4.74 Å². The van der Waals surface area contributed by atoms with Crippen molar-refractivity contribution in [2.24, 2.45) is 4.99 Å². The SMILES string of the molecule is COc1c(C)c(Br)cc(C)c1CN=C=O. The molecule has 0 unspecified atom stereocenters. The maximum absolute atomic E-state index is 10.1. The fourth-order valence-electron chi connectivity index (χ4n) is 1.48. The molecular formula is C11H12BrNO2. The van der Waals surface area contributed by atoms with Gasteiger partial charge in [-0.25, -0.2) is 9.79 Å². The highest BCUT2D eigenvalue weighted by atomic mass is 79.9. The van der Waals surface area contributed by atoms with Crippen LogP contribution in [0.2, 0.25) is 0 Å². The van der Waals surface area contributed by atoms with Crippen molar-refractivity contribution >= 4 is 22.0 Å². The normalized spacial score (nSPS) is 9.60. The van der Waals surface area contributed by atoms with Gasteiger partial charge in [0.2, 0.25) is 6.08 Å². The van der Waals surface area contributed by atoms with Crippen molar-refractivity contribution in [1.29, 1.82) is 0 Å². The van der Waals surface area contributed by atoms with Crippen LogP contribution in [0.25, 0.3) is 0 Å². The molecule has 0 spiro atoms. The fraction of sp³-hybridized carbons (Fsp3) is 0.364. The highest BCUT2D eigenvalue weighted by Gasteiger charge is 2.12. The van der Waals surface area contributed by atoms with Crippen molar-refractivity contribution in [1.82, 2.24) is 0 Å². The van der Waals surface area contributed by atoms with Gasteiger partial charge < -0.3 is 4.74 Å². The van der Waals surface area contributed by atoms with Gasteiger partial charge in [0.15, 0.2) is 0 Å². The number of aryl methyl sites for hydroxylation is 1. The molecule has 4 heteroatoms. The van der Waals surface area contributed by atoms with Gasteiger partial charge in [0.25, 0.3) is 0 Å². The third kappa shape index (κ3) is 2.46. The number of carbonyl (C=O) groups excluding carboxylic acids is 1. The Morgan fingerprint density at radius 2 is 2.20 bits per heavy atom. The average molecular weight is 270 g/mol. The largest absolute Gasteiger partial charge is 0.496 e. The Labute approximate surface area is 97.3 Å². The van der Waals surface area contributed by atoms with Gasteiger partial charge in [0.1, 0.15) is 5.75 Å². The molecule has 0 aliphatic heterocycles. The summed E-state index contributed by atoms with van der Waals surface area (Å²) in [4.78, 5) is 13.7. The van der Waals surface area contributed by atoms with Crippen LogP contribution in [0.5, 0.6) is 5.75 Å². The maximum atomic E-state index is 10.1. The smallest absolute Gasteiger partial charge is 0.235 e. The third-order valence-electron chi connectivity index (χ3n) is 2.30. The molecule has 0 fully saturated rings. The van der Waals surface area contributed by atoms with Crippen molar-refractivity contribution in [2.75, 3.05) is 7.11 Å². The van der Waals surface area contributed by atoms with E-state index in [4.69, 9.17) is 4.74 Å². The molecule has 0 radical (unpaired) electrons.